The van der Waals surface area contributed by atoms with Crippen LogP contribution in [0.4, 0.5) is 11.4 Å². The molecule has 0 bridgehead atoms. The predicted octanol–water partition coefficient (Wildman–Crippen LogP) is 4.23. The van der Waals surface area contributed by atoms with Crippen LogP contribution in [0.3, 0.4) is 0 Å². The van der Waals surface area contributed by atoms with E-state index in [2.05, 4.69) is 27.8 Å². The molecule has 0 atom stereocenters. The molecule has 0 radical (unpaired) electrons. The van der Waals surface area contributed by atoms with Crippen LogP contribution >= 0.6 is 11.3 Å². The lowest BCUT2D eigenvalue weighted by Gasteiger charge is -2.08. The molecule has 1 heterocycles. The van der Waals surface area contributed by atoms with E-state index in [9.17, 15) is 9.59 Å². The molecule has 2 amide bonds. The Morgan fingerprint density at radius 2 is 1.86 bits per heavy atom. The van der Waals surface area contributed by atoms with E-state index >= 15 is 0 Å². The molecule has 0 saturated heterocycles. The van der Waals surface area contributed by atoms with Crippen LogP contribution in [0.5, 0.6) is 0 Å². The number of rotatable bonds is 7. The molecule has 0 aliphatic heterocycles. The second-order valence-electron chi connectivity index (χ2n) is 6.38. The first-order valence-electron chi connectivity index (χ1n) is 9.13. The van der Waals surface area contributed by atoms with Crippen molar-refractivity contribution in [2.24, 2.45) is 0 Å². The van der Waals surface area contributed by atoms with Gasteiger partial charge >= 0.3 is 0 Å². The Bertz CT molecular complexity index is 984. The normalized spacial score (nSPS) is 10.5. The Hall–Kier alpha value is -3.06. The summed E-state index contributed by atoms with van der Waals surface area (Å²) >= 11 is 1.21. The van der Waals surface area contributed by atoms with E-state index in [1.807, 2.05) is 55.5 Å². The SMILES string of the molecule is CCc1ccccc1NC(=O)CCc1nnc(C(=O)Nc2cccc(C)c2)s1. The van der Waals surface area contributed by atoms with Gasteiger partial charge in [0.2, 0.25) is 10.9 Å². The molecule has 0 spiro atoms. The molecule has 0 aliphatic rings. The third-order valence-electron chi connectivity index (χ3n) is 4.18. The number of amides is 2. The van der Waals surface area contributed by atoms with Crippen molar-refractivity contribution in [1.29, 1.82) is 0 Å². The van der Waals surface area contributed by atoms with E-state index in [1.165, 1.54) is 11.3 Å². The molecule has 0 aliphatic carbocycles. The number of para-hydroxylation sites is 1. The lowest BCUT2D eigenvalue weighted by Crippen LogP contribution is -2.13. The third kappa shape index (κ3) is 5.23. The highest BCUT2D eigenvalue weighted by Crippen LogP contribution is 2.18. The maximum atomic E-state index is 12.3. The number of aromatic nitrogens is 2. The molecule has 2 aromatic carbocycles. The number of aryl methyl sites for hydroxylation is 3. The number of benzene rings is 2. The minimum absolute atomic E-state index is 0.0816. The monoisotopic (exact) mass is 394 g/mol. The van der Waals surface area contributed by atoms with Gasteiger partial charge in [-0.3, -0.25) is 9.59 Å². The second kappa shape index (κ2) is 9.23. The van der Waals surface area contributed by atoms with Crippen LogP contribution in [0, 0.1) is 6.92 Å². The Kier molecular flexibility index (Phi) is 6.49. The summed E-state index contributed by atoms with van der Waals surface area (Å²) < 4.78 is 0. The average molecular weight is 395 g/mol. The standard InChI is InChI=1S/C21H22N4O2S/c1-3-15-8-4-5-10-17(15)23-18(26)11-12-19-24-25-21(28-19)20(27)22-16-9-6-7-14(2)13-16/h4-10,13H,3,11-12H2,1-2H3,(H,22,27)(H,23,26). The van der Waals surface area contributed by atoms with Crippen molar-refractivity contribution in [2.45, 2.75) is 33.1 Å². The fourth-order valence-corrected chi connectivity index (χ4v) is 3.47. The Balaban J connectivity index is 1.54. The Morgan fingerprint density at radius 1 is 1.04 bits per heavy atom. The number of nitrogens with one attached hydrogen (secondary N) is 2. The van der Waals surface area contributed by atoms with Crippen molar-refractivity contribution in [3.05, 3.63) is 69.7 Å². The molecule has 0 fully saturated rings. The summed E-state index contributed by atoms with van der Waals surface area (Å²) in [6.45, 7) is 4.01. The molecule has 2 N–H and O–H groups in total. The van der Waals surface area contributed by atoms with Crippen molar-refractivity contribution >= 4 is 34.5 Å². The summed E-state index contributed by atoms with van der Waals surface area (Å²) in [5, 5.41) is 14.7. The van der Waals surface area contributed by atoms with Crippen LogP contribution in [-0.2, 0) is 17.6 Å². The van der Waals surface area contributed by atoms with Crippen molar-refractivity contribution < 1.29 is 9.59 Å². The summed E-state index contributed by atoms with van der Waals surface area (Å²) in [6, 6.07) is 15.3. The van der Waals surface area contributed by atoms with E-state index < -0.39 is 0 Å². The lowest BCUT2D eigenvalue weighted by molar-refractivity contribution is -0.116. The molecule has 144 valence electrons. The number of nitrogens with zero attached hydrogens (tertiary/aromatic N) is 2. The van der Waals surface area contributed by atoms with Gasteiger partial charge in [-0.1, -0.05) is 48.6 Å². The molecule has 3 rings (SSSR count). The number of hydrogen-bond acceptors (Lipinski definition) is 5. The van der Waals surface area contributed by atoms with E-state index in [0.29, 0.717) is 11.4 Å². The summed E-state index contributed by atoms with van der Waals surface area (Å²) in [6.07, 6.45) is 1.58. The molecule has 6 nitrogen and oxygen atoms in total. The van der Waals surface area contributed by atoms with Gasteiger partial charge in [-0.05, 0) is 42.7 Å². The zero-order valence-corrected chi connectivity index (χ0v) is 16.7. The van der Waals surface area contributed by atoms with Crippen LogP contribution in [0.2, 0.25) is 0 Å². The van der Waals surface area contributed by atoms with Crippen LogP contribution in [0.15, 0.2) is 48.5 Å². The first-order valence-corrected chi connectivity index (χ1v) is 9.95. The predicted molar refractivity (Wildman–Crippen MR) is 112 cm³/mol. The highest BCUT2D eigenvalue weighted by atomic mass is 32.1. The summed E-state index contributed by atoms with van der Waals surface area (Å²) in [5.41, 5.74) is 3.72. The van der Waals surface area contributed by atoms with Crippen molar-refractivity contribution in [3.8, 4) is 0 Å². The van der Waals surface area contributed by atoms with Gasteiger partial charge < -0.3 is 10.6 Å². The van der Waals surface area contributed by atoms with Gasteiger partial charge in [0.05, 0.1) is 0 Å². The van der Waals surface area contributed by atoms with E-state index in [0.717, 1.165) is 28.9 Å². The number of carbonyl (C=O) groups is 2. The number of carbonyl (C=O) groups excluding carboxylic acids is 2. The van der Waals surface area contributed by atoms with E-state index in [4.69, 9.17) is 0 Å². The van der Waals surface area contributed by atoms with Crippen LogP contribution < -0.4 is 10.6 Å². The summed E-state index contributed by atoms with van der Waals surface area (Å²) in [7, 11) is 0. The van der Waals surface area contributed by atoms with Crippen molar-refractivity contribution in [3.63, 3.8) is 0 Å². The highest BCUT2D eigenvalue weighted by molar-refractivity contribution is 7.13. The first-order chi connectivity index (χ1) is 13.5. The Labute approximate surface area is 168 Å². The van der Waals surface area contributed by atoms with Gasteiger partial charge in [-0.25, -0.2) is 0 Å². The van der Waals surface area contributed by atoms with Crippen LogP contribution in [0.1, 0.15) is 39.3 Å². The van der Waals surface area contributed by atoms with Gasteiger partial charge in [0.1, 0.15) is 5.01 Å². The molecule has 0 unspecified atom stereocenters. The van der Waals surface area contributed by atoms with Gasteiger partial charge in [0.15, 0.2) is 0 Å². The third-order valence-corrected chi connectivity index (χ3v) is 5.16. The smallest absolute Gasteiger partial charge is 0.286 e. The topological polar surface area (TPSA) is 84.0 Å². The first kappa shape index (κ1) is 19.7. The molecular formula is C21H22N4O2S. The van der Waals surface area contributed by atoms with Crippen LogP contribution in [0.25, 0.3) is 0 Å². The molecule has 28 heavy (non-hydrogen) atoms. The number of hydrogen-bond donors (Lipinski definition) is 2. The second-order valence-corrected chi connectivity index (χ2v) is 7.45. The van der Waals surface area contributed by atoms with Crippen molar-refractivity contribution in [1.82, 2.24) is 10.2 Å². The zero-order chi connectivity index (χ0) is 19.9. The lowest BCUT2D eigenvalue weighted by atomic mass is 10.1. The van der Waals surface area contributed by atoms with E-state index in [1.54, 1.807) is 0 Å². The molecular weight excluding hydrogens is 372 g/mol. The molecule has 7 heteroatoms. The Morgan fingerprint density at radius 3 is 2.64 bits per heavy atom. The minimum Gasteiger partial charge on any atom is -0.326 e. The van der Waals surface area contributed by atoms with Gasteiger partial charge in [0, 0.05) is 24.2 Å². The zero-order valence-electron chi connectivity index (χ0n) is 15.9. The van der Waals surface area contributed by atoms with E-state index in [-0.39, 0.29) is 23.2 Å². The average Bonchev–Trinajstić information content (AvgIpc) is 3.16. The molecule has 1 aromatic heterocycles. The molecule has 3 aromatic rings. The number of anilines is 2. The van der Waals surface area contributed by atoms with Crippen LogP contribution in [-0.4, -0.2) is 22.0 Å². The minimum atomic E-state index is -0.296. The fraction of sp³-hybridized carbons (Fsp3) is 0.238. The van der Waals surface area contributed by atoms with Crippen molar-refractivity contribution in [2.75, 3.05) is 10.6 Å². The highest BCUT2D eigenvalue weighted by Gasteiger charge is 2.14. The quantitative estimate of drug-likeness (QED) is 0.628. The van der Waals surface area contributed by atoms with Gasteiger partial charge in [-0.2, -0.15) is 0 Å². The maximum absolute atomic E-state index is 12.3. The van der Waals surface area contributed by atoms with Gasteiger partial charge in [0.25, 0.3) is 5.91 Å². The molecule has 0 saturated carbocycles. The maximum Gasteiger partial charge on any atom is 0.286 e. The fourth-order valence-electron chi connectivity index (χ4n) is 2.74. The summed E-state index contributed by atoms with van der Waals surface area (Å²) in [4.78, 5) is 24.5. The van der Waals surface area contributed by atoms with Gasteiger partial charge in [-0.15, -0.1) is 10.2 Å². The summed E-state index contributed by atoms with van der Waals surface area (Å²) in [5.74, 6) is -0.377. The largest absolute Gasteiger partial charge is 0.326 e.